The molecule has 1 aliphatic rings. The molecule has 4 rings (SSSR count). The molecular weight excluding hydrogens is 450 g/mol. The van der Waals surface area contributed by atoms with Gasteiger partial charge in [-0.15, -0.1) is 11.3 Å². The largest absolute Gasteiger partial charge is 0.354 e. The molecule has 0 aliphatic carbocycles. The van der Waals surface area contributed by atoms with Crippen LogP contribution in [0.3, 0.4) is 0 Å². The Kier molecular flexibility index (Phi) is 7.42. The second-order valence-electron chi connectivity index (χ2n) is 8.35. The van der Waals surface area contributed by atoms with Crippen molar-refractivity contribution < 1.29 is 14.4 Å². The summed E-state index contributed by atoms with van der Waals surface area (Å²) < 4.78 is 1.61. The molecule has 1 N–H and O–H groups in total. The van der Waals surface area contributed by atoms with Crippen LogP contribution in [0.5, 0.6) is 0 Å². The van der Waals surface area contributed by atoms with Crippen LogP contribution in [0, 0.1) is 0 Å². The molecule has 0 saturated carbocycles. The van der Waals surface area contributed by atoms with Crippen LogP contribution in [0.2, 0.25) is 0 Å². The van der Waals surface area contributed by atoms with Gasteiger partial charge in [0.2, 0.25) is 11.8 Å². The van der Waals surface area contributed by atoms with Gasteiger partial charge in [-0.25, -0.2) is 0 Å². The van der Waals surface area contributed by atoms with E-state index in [9.17, 15) is 14.4 Å². The van der Waals surface area contributed by atoms with Gasteiger partial charge >= 0.3 is 0 Å². The Labute approximate surface area is 203 Å². The molecule has 2 aromatic heterocycles. The second-order valence-corrected chi connectivity index (χ2v) is 9.30. The molecule has 9 heteroatoms. The average molecular weight is 480 g/mol. The van der Waals surface area contributed by atoms with Crippen molar-refractivity contribution in [2.24, 2.45) is 7.05 Å². The molecule has 1 aliphatic heterocycles. The maximum atomic E-state index is 13.4. The third-order valence-electron chi connectivity index (χ3n) is 6.03. The lowest BCUT2D eigenvalue weighted by Gasteiger charge is -2.31. The van der Waals surface area contributed by atoms with E-state index in [1.165, 1.54) is 6.92 Å². The minimum absolute atomic E-state index is 0.0917. The zero-order valence-electron chi connectivity index (χ0n) is 19.4. The first kappa shape index (κ1) is 23.7. The van der Waals surface area contributed by atoms with Crippen molar-refractivity contribution in [3.8, 4) is 10.6 Å². The topological polar surface area (TPSA) is 87.5 Å². The highest BCUT2D eigenvalue weighted by atomic mass is 32.1. The number of hydrogen-bond acceptors (Lipinski definition) is 5. The summed E-state index contributed by atoms with van der Waals surface area (Å²) in [7, 11) is 1.76. The monoisotopic (exact) mass is 479 g/mol. The summed E-state index contributed by atoms with van der Waals surface area (Å²) in [5, 5.41) is 9.41. The standard InChI is InChI=1S/C25H29N5O3S/c1-18(31)30-13-7-12-29(14-11-26-24(32)17-21(30)19-8-4-3-5-9-19)25(33)22-16-20(27-28(22)2)23-10-6-15-34-23/h3-6,8-10,15-16,21H,7,11-14,17H2,1-2H3,(H,26,32). The van der Waals surface area contributed by atoms with Crippen molar-refractivity contribution in [1.29, 1.82) is 0 Å². The highest BCUT2D eigenvalue weighted by Crippen LogP contribution is 2.26. The number of aryl methyl sites for hydroxylation is 1. The minimum atomic E-state index is -0.341. The number of thiophene rings is 1. The smallest absolute Gasteiger partial charge is 0.272 e. The maximum absolute atomic E-state index is 13.4. The van der Waals surface area contributed by atoms with Gasteiger partial charge in [-0.3, -0.25) is 19.1 Å². The first-order valence-electron chi connectivity index (χ1n) is 11.4. The first-order chi connectivity index (χ1) is 16.4. The van der Waals surface area contributed by atoms with Crippen LogP contribution in [-0.2, 0) is 16.6 Å². The summed E-state index contributed by atoms with van der Waals surface area (Å²) >= 11 is 1.57. The van der Waals surface area contributed by atoms with Gasteiger partial charge in [0.05, 0.1) is 17.3 Å². The molecule has 178 valence electrons. The lowest BCUT2D eigenvalue weighted by Crippen LogP contribution is -2.39. The summed E-state index contributed by atoms with van der Waals surface area (Å²) in [4.78, 5) is 43.2. The Hall–Kier alpha value is -3.46. The van der Waals surface area contributed by atoms with Crippen molar-refractivity contribution in [2.45, 2.75) is 25.8 Å². The van der Waals surface area contributed by atoms with Crippen molar-refractivity contribution in [1.82, 2.24) is 24.9 Å². The van der Waals surface area contributed by atoms with Gasteiger partial charge in [0.1, 0.15) is 11.4 Å². The van der Waals surface area contributed by atoms with Crippen LogP contribution in [0.25, 0.3) is 10.6 Å². The molecule has 1 aromatic carbocycles. The Morgan fingerprint density at radius 2 is 1.88 bits per heavy atom. The van der Waals surface area contributed by atoms with Crippen LogP contribution >= 0.6 is 11.3 Å². The van der Waals surface area contributed by atoms with E-state index in [4.69, 9.17) is 0 Å². The fourth-order valence-electron chi connectivity index (χ4n) is 4.31. The molecule has 1 saturated heterocycles. The normalized spacial score (nSPS) is 17.7. The van der Waals surface area contributed by atoms with Gasteiger partial charge in [-0.1, -0.05) is 36.4 Å². The molecule has 0 spiro atoms. The van der Waals surface area contributed by atoms with Gasteiger partial charge in [0.15, 0.2) is 0 Å². The molecule has 3 amide bonds. The fraction of sp³-hybridized carbons (Fsp3) is 0.360. The Morgan fingerprint density at radius 3 is 2.59 bits per heavy atom. The van der Waals surface area contributed by atoms with Crippen LogP contribution in [0.1, 0.15) is 41.9 Å². The molecule has 34 heavy (non-hydrogen) atoms. The van der Waals surface area contributed by atoms with Gasteiger partial charge < -0.3 is 15.1 Å². The highest BCUT2D eigenvalue weighted by molar-refractivity contribution is 7.13. The van der Waals surface area contributed by atoms with E-state index in [2.05, 4.69) is 10.4 Å². The van der Waals surface area contributed by atoms with Crippen LogP contribution < -0.4 is 5.32 Å². The van der Waals surface area contributed by atoms with E-state index in [1.807, 2.05) is 53.9 Å². The fourth-order valence-corrected chi connectivity index (χ4v) is 5.00. The number of amides is 3. The van der Waals surface area contributed by atoms with Crippen molar-refractivity contribution >= 4 is 29.1 Å². The van der Waals surface area contributed by atoms with Gasteiger partial charge in [0.25, 0.3) is 5.91 Å². The highest BCUT2D eigenvalue weighted by Gasteiger charge is 2.27. The molecule has 3 heterocycles. The van der Waals surface area contributed by atoms with Crippen LogP contribution in [0.15, 0.2) is 53.9 Å². The predicted molar refractivity (Wildman–Crippen MR) is 131 cm³/mol. The van der Waals surface area contributed by atoms with Crippen molar-refractivity contribution in [2.75, 3.05) is 26.2 Å². The van der Waals surface area contributed by atoms with Crippen LogP contribution in [0.4, 0.5) is 0 Å². The van der Waals surface area contributed by atoms with Crippen molar-refractivity contribution in [3.05, 3.63) is 65.2 Å². The van der Waals surface area contributed by atoms with E-state index in [0.717, 1.165) is 16.1 Å². The van der Waals surface area contributed by atoms with E-state index < -0.39 is 0 Å². The Morgan fingerprint density at radius 1 is 1.09 bits per heavy atom. The van der Waals surface area contributed by atoms with E-state index in [0.29, 0.717) is 38.3 Å². The van der Waals surface area contributed by atoms with E-state index in [-0.39, 0.29) is 30.2 Å². The van der Waals surface area contributed by atoms with Gasteiger partial charge in [0, 0.05) is 40.2 Å². The van der Waals surface area contributed by atoms with E-state index >= 15 is 0 Å². The Bertz CT molecular complexity index is 1140. The third kappa shape index (κ3) is 5.36. The van der Waals surface area contributed by atoms with Gasteiger partial charge in [-0.05, 0) is 29.5 Å². The minimum Gasteiger partial charge on any atom is -0.354 e. The number of nitrogens with one attached hydrogen (secondary N) is 1. The lowest BCUT2D eigenvalue weighted by atomic mass is 10.0. The summed E-state index contributed by atoms with van der Waals surface area (Å²) in [5.41, 5.74) is 2.19. The molecule has 3 aromatic rings. The summed E-state index contributed by atoms with van der Waals surface area (Å²) in [6.07, 6.45) is 0.794. The molecule has 1 atom stereocenters. The number of nitrogens with zero attached hydrogens (tertiary/aromatic N) is 4. The molecule has 0 radical (unpaired) electrons. The number of aromatic nitrogens is 2. The zero-order valence-corrected chi connectivity index (χ0v) is 20.3. The third-order valence-corrected chi connectivity index (χ3v) is 6.93. The summed E-state index contributed by atoms with van der Waals surface area (Å²) in [5.74, 6) is -0.374. The SMILES string of the molecule is CC(=O)N1CCCN(C(=O)c2cc(-c3cccs3)nn2C)CCNC(=O)CC1c1ccccc1. The predicted octanol–water partition coefficient (Wildman–Crippen LogP) is 3.09. The number of hydrogen-bond donors (Lipinski definition) is 1. The number of carbonyl (C=O) groups excluding carboxylic acids is 3. The van der Waals surface area contributed by atoms with E-state index in [1.54, 1.807) is 32.9 Å². The first-order valence-corrected chi connectivity index (χ1v) is 12.3. The molecule has 8 nitrogen and oxygen atoms in total. The Balaban J connectivity index is 1.54. The number of rotatable bonds is 3. The summed E-state index contributed by atoms with van der Waals surface area (Å²) in [6, 6.07) is 15.0. The number of carbonyl (C=O) groups is 3. The molecular formula is C25H29N5O3S. The quantitative estimate of drug-likeness (QED) is 0.625. The maximum Gasteiger partial charge on any atom is 0.272 e. The second kappa shape index (κ2) is 10.6. The van der Waals surface area contributed by atoms with Crippen molar-refractivity contribution in [3.63, 3.8) is 0 Å². The number of benzene rings is 1. The van der Waals surface area contributed by atoms with Gasteiger partial charge in [-0.2, -0.15) is 5.10 Å². The average Bonchev–Trinajstić information content (AvgIpc) is 3.48. The molecule has 1 unspecified atom stereocenters. The lowest BCUT2D eigenvalue weighted by molar-refractivity contribution is -0.132. The summed E-state index contributed by atoms with van der Waals surface area (Å²) in [6.45, 7) is 3.19. The molecule has 0 bridgehead atoms. The van der Waals surface area contributed by atoms with Crippen LogP contribution in [-0.4, -0.2) is 63.5 Å². The zero-order chi connectivity index (χ0) is 24.1. The molecule has 1 fully saturated rings.